The van der Waals surface area contributed by atoms with E-state index in [4.69, 9.17) is 23.2 Å². The summed E-state index contributed by atoms with van der Waals surface area (Å²) in [5.74, 6) is -1.36. The molecule has 0 aromatic heterocycles. The van der Waals surface area contributed by atoms with E-state index in [1.807, 2.05) is 0 Å². The Balaban J connectivity index is 2.40. The van der Waals surface area contributed by atoms with Crippen molar-refractivity contribution in [1.29, 1.82) is 0 Å². The van der Waals surface area contributed by atoms with Crippen LogP contribution < -0.4 is 0 Å². The van der Waals surface area contributed by atoms with E-state index in [2.05, 4.69) is 9.78 Å². The third-order valence-corrected chi connectivity index (χ3v) is 1.93. The second kappa shape index (κ2) is 2.08. The highest BCUT2D eigenvalue weighted by atomic mass is 35.5. The van der Waals surface area contributed by atoms with Crippen molar-refractivity contribution >= 4 is 29.0 Å². The van der Waals surface area contributed by atoms with Crippen LogP contribution in [0.3, 0.4) is 0 Å². The number of hydrogen-bond donors (Lipinski definition) is 0. The van der Waals surface area contributed by atoms with Crippen molar-refractivity contribution in [2.45, 2.75) is 5.79 Å². The molecule has 1 aliphatic heterocycles. The standard InChI is InChI=1S/C6H2Cl2O3/c7-3-1-6(10-11-6)2-4(8)5(3)9/h1-2H. The maximum Gasteiger partial charge on any atom is 0.274 e. The van der Waals surface area contributed by atoms with Gasteiger partial charge in [-0.2, -0.15) is 9.78 Å². The summed E-state index contributed by atoms with van der Waals surface area (Å²) in [6.45, 7) is 0. The molecule has 0 saturated carbocycles. The van der Waals surface area contributed by atoms with E-state index in [1.54, 1.807) is 0 Å². The predicted molar refractivity (Wildman–Crippen MR) is 37.8 cm³/mol. The fourth-order valence-electron chi connectivity index (χ4n) is 0.784. The van der Waals surface area contributed by atoms with Crippen LogP contribution in [0.4, 0.5) is 0 Å². The molecule has 0 radical (unpaired) electrons. The first-order valence-electron chi connectivity index (χ1n) is 2.81. The smallest absolute Gasteiger partial charge is 0.274 e. The Morgan fingerprint density at radius 3 is 2.00 bits per heavy atom. The zero-order chi connectivity index (χ0) is 8.06. The van der Waals surface area contributed by atoms with Crippen molar-refractivity contribution in [3.05, 3.63) is 22.2 Å². The van der Waals surface area contributed by atoms with Crippen molar-refractivity contribution in [3.63, 3.8) is 0 Å². The van der Waals surface area contributed by atoms with E-state index in [0.717, 1.165) is 0 Å². The van der Waals surface area contributed by atoms with E-state index >= 15 is 0 Å². The van der Waals surface area contributed by atoms with Crippen LogP contribution in [-0.2, 0) is 14.6 Å². The molecular weight excluding hydrogens is 191 g/mol. The Hall–Kier alpha value is -0.350. The Kier molecular flexibility index (Phi) is 1.38. The second-order valence-corrected chi connectivity index (χ2v) is 3.02. The first-order valence-corrected chi connectivity index (χ1v) is 3.57. The fraction of sp³-hybridized carbons (Fsp3) is 0.167. The van der Waals surface area contributed by atoms with Crippen LogP contribution in [0.1, 0.15) is 0 Å². The molecule has 0 unspecified atom stereocenters. The van der Waals surface area contributed by atoms with Gasteiger partial charge in [-0.15, -0.1) is 0 Å². The molecule has 0 N–H and O–H groups in total. The van der Waals surface area contributed by atoms with Crippen LogP contribution in [0.25, 0.3) is 0 Å². The van der Waals surface area contributed by atoms with Gasteiger partial charge in [0.2, 0.25) is 5.78 Å². The summed E-state index contributed by atoms with van der Waals surface area (Å²) in [6.07, 6.45) is 2.73. The van der Waals surface area contributed by atoms with Crippen LogP contribution in [0.15, 0.2) is 22.2 Å². The molecule has 58 valence electrons. The number of carbonyl (C=O) groups is 1. The minimum Gasteiger partial charge on any atom is -0.287 e. The third kappa shape index (κ3) is 1.10. The quantitative estimate of drug-likeness (QED) is 0.432. The summed E-state index contributed by atoms with van der Waals surface area (Å²) in [4.78, 5) is 20.0. The van der Waals surface area contributed by atoms with Crippen LogP contribution in [-0.4, -0.2) is 11.6 Å². The number of hydrogen-bond acceptors (Lipinski definition) is 3. The highest BCUT2D eigenvalue weighted by Gasteiger charge is 2.48. The summed E-state index contributed by atoms with van der Waals surface area (Å²) in [5.41, 5.74) is 0. The van der Waals surface area contributed by atoms with Gasteiger partial charge in [-0.25, -0.2) is 0 Å². The molecule has 11 heavy (non-hydrogen) atoms. The van der Waals surface area contributed by atoms with Crippen LogP contribution in [0.5, 0.6) is 0 Å². The maximum absolute atomic E-state index is 10.9. The van der Waals surface area contributed by atoms with Gasteiger partial charge in [-0.3, -0.25) is 4.79 Å². The number of Topliss-reactive ketones (excluding diaryl/α,β-unsaturated/α-hetero) is 1. The summed E-state index contributed by atoms with van der Waals surface area (Å²) in [5, 5.41) is 0.0463. The molecular formula is C6H2Cl2O3. The number of ketones is 1. The zero-order valence-corrected chi connectivity index (χ0v) is 6.65. The lowest BCUT2D eigenvalue weighted by Gasteiger charge is -2.04. The zero-order valence-electron chi connectivity index (χ0n) is 5.14. The molecule has 0 bridgehead atoms. The topological polar surface area (TPSA) is 42.1 Å². The SMILES string of the molecule is O=C1C(Cl)=CC2(C=C1Cl)OO2. The molecule has 1 spiro atoms. The lowest BCUT2D eigenvalue weighted by Crippen LogP contribution is -2.13. The Labute approximate surface area is 72.1 Å². The molecule has 1 heterocycles. The maximum atomic E-state index is 10.9. The molecule has 1 fully saturated rings. The van der Waals surface area contributed by atoms with E-state index in [1.165, 1.54) is 12.2 Å². The molecule has 1 aliphatic carbocycles. The van der Waals surface area contributed by atoms with Gasteiger partial charge in [0.05, 0.1) is 10.1 Å². The van der Waals surface area contributed by atoms with Gasteiger partial charge >= 0.3 is 0 Å². The molecule has 0 aromatic rings. The summed E-state index contributed by atoms with van der Waals surface area (Å²) >= 11 is 11.0. The van der Waals surface area contributed by atoms with Crippen molar-refractivity contribution in [2.24, 2.45) is 0 Å². The minimum absolute atomic E-state index is 0.0231. The van der Waals surface area contributed by atoms with Crippen LogP contribution in [0.2, 0.25) is 0 Å². The monoisotopic (exact) mass is 192 g/mol. The normalized spacial score (nSPS) is 26.5. The highest BCUT2D eigenvalue weighted by molar-refractivity contribution is 6.55. The van der Waals surface area contributed by atoms with E-state index in [-0.39, 0.29) is 10.1 Å². The van der Waals surface area contributed by atoms with Gasteiger partial charge in [0.1, 0.15) is 0 Å². The summed E-state index contributed by atoms with van der Waals surface area (Å²) < 4.78 is 0. The number of halogens is 2. The summed E-state index contributed by atoms with van der Waals surface area (Å²) in [7, 11) is 0. The number of allylic oxidation sites excluding steroid dienone is 2. The minimum atomic E-state index is -0.956. The molecule has 2 rings (SSSR count). The molecule has 5 heteroatoms. The second-order valence-electron chi connectivity index (χ2n) is 2.20. The van der Waals surface area contributed by atoms with E-state index in [0.29, 0.717) is 0 Å². The predicted octanol–water partition coefficient (Wildman–Crippen LogP) is 1.47. The highest BCUT2D eigenvalue weighted by Crippen LogP contribution is 2.40. The summed E-state index contributed by atoms with van der Waals surface area (Å²) in [6, 6.07) is 0. The molecule has 0 atom stereocenters. The number of rotatable bonds is 0. The van der Waals surface area contributed by atoms with Crippen LogP contribution >= 0.6 is 23.2 Å². The van der Waals surface area contributed by atoms with Crippen molar-refractivity contribution < 1.29 is 14.6 Å². The molecule has 0 amide bonds. The molecule has 2 aliphatic rings. The Bertz CT molecular complexity index is 264. The van der Waals surface area contributed by atoms with Crippen molar-refractivity contribution in [2.75, 3.05) is 0 Å². The van der Waals surface area contributed by atoms with Gasteiger partial charge in [0.25, 0.3) is 5.79 Å². The Morgan fingerprint density at radius 2 is 1.64 bits per heavy atom. The first kappa shape index (κ1) is 7.31. The Morgan fingerprint density at radius 1 is 1.18 bits per heavy atom. The van der Waals surface area contributed by atoms with Gasteiger partial charge in [0, 0.05) is 12.2 Å². The van der Waals surface area contributed by atoms with Gasteiger partial charge < -0.3 is 0 Å². The number of carbonyl (C=O) groups excluding carboxylic acids is 1. The van der Waals surface area contributed by atoms with Crippen molar-refractivity contribution in [1.82, 2.24) is 0 Å². The molecule has 3 nitrogen and oxygen atoms in total. The molecule has 1 saturated heterocycles. The fourth-order valence-corrected chi connectivity index (χ4v) is 1.34. The third-order valence-electron chi connectivity index (χ3n) is 1.37. The van der Waals surface area contributed by atoms with Crippen molar-refractivity contribution in [3.8, 4) is 0 Å². The van der Waals surface area contributed by atoms with Gasteiger partial charge in [-0.05, 0) is 0 Å². The van der Waals surface area contributed by atoms with E-state index in [9.17, 15) is 4.79 Å². The average Bonchev–Trinajstić information content (AvgIpc) is 2.65. The van der Waals surface area contributed by atoms with Gasteiger partial charge in [0.15, 0.2) is 0 Å². The van der Waals surface area contributed by atoms with Gasteiger partial charge in [-0.1, -0.05) is 23.2 Å². The lowest BCUT2D eigenvalue weighted by molar-refractivity contribution is -0.111. The average molecular weight is 193 g/mol. The largest absolute Gasteiger partial charge is 0.287 e. The first-order chi connectivity index (χ1) is 5.13. The van der Waals surface area contributed by atoms with Crippen LogP contribution in [0, 0.1) is 0 Å². The molecule has 0 aromatic carbocycles. The lowest BCUT2D eigenvalue weighted by atomic mass is 10.1. The van der Waals surface area contributed by atoms with E-state index < -0.39 is 11.6 Å².